The van der Waals surface area contributed by atoms with E-state index in [1.165, 1.54) is 0 Å². The minimum atomic E-state index is -0.934. The Bertz CT molecular complexity index is 992. The second-order valence-corrected chi connectivity index (χ2v) is 13.9. The number of hydrogen-bond donors (Lipinski definition) is 1. The molecule has 1 aliphatic heterocycles. The molecule has 212 valence electrons. The van der Waals surface area contributed by atoms with Gasteiger partial charge in [0.05, 0.1) is 11.6 Å². The molecule has 38 heavy (non-hydrogen) atoms. The molecule has 1 aromatic rings. The summed E-state index contributed by atoms with van der Waals surface area (Å²) < 4.78 is 0. The van der Waals surface area contributed by atoms with Gasteiger partial charge in [0.1, 0.15) is 5.66 Å². The number of amides is 1. The van der Waals surface area contributed by atoms with Gasteiger partial charge in [0.2, 0.25) is 0 Å². The molecule has 1 atom stereocenters. The first-order chi connectivity index (χ1) is 17.7. The van der Waals surface area contributed by atoms with Gasteiger partial charge in [-0.05, 0) is 79.4 Å². The average molecular weight is 526 g/mol. The van der Waals surface area contributed by atoms with Crippen molar-refractivity contribution in [1.29, 1.82) is 0 Å². The van der Waals surface area contributed by atoms with Gasteiger partial charge >= 0.3 is 5.97 Å². The van der Waals surface area contributed by atoms with E-state index in [4.69, 9.17) is 4.99 Å². The minimum Gasteiger partial charge on any atom is -0.478 e. The molecule has 0 unspecified atom stereocenters. The van der Waals surface area contributed by atoms with Crippen molar-refractivity contribution < 1.29 is 14.7 Å². The highest BCUT2D eigenvalue weighted by Gasteiger charge is 2.53. The van der Waals surface area contributed by atoms with Crippen LogP contribution in [0.5, 0.6) is 0 Å². The van der Waals surface area contributed by atoms with Crippen LogP contribution >= 0.6 is 0 Å². The van der Waals surface area contributed by atoms with Gasteiger partial charge in [0.15, 0.2) is 5.84 Å². The molecule has 1 spiro atoms. The summed E-state index contributed by atoms with van der Waals surface area (Å²) in [6.07, 6.45) is 8.92. The average Bonchev–Trinajstić information content (AvgIpc) is 3.10. The molecule has 6 heteroatoms. The van der Waals surface area contributed by atoms with Crippen molar-refractivity contribution in [3.8, 4) is 0 Å². The summed E-state index contributed by atoms with van der Waals surface area (Å²) in [5, 5.41) is 9.46. The lowest BCUT2D eigenvalue weighted by atomic mass is 9.69. The van der Waals surface area contributed by atoms with Crippen LogP contribution in [-0.4, -0.2) is 51.9 Å². The number of carboxylic acids is 1. The van der Waals surface area contributed by atoms with Gasteiger partial charge in [-0.15, -0.1) is 0 Å². The van der Waals surface area contributed by atoms with Gasteiger partial charge in [-0.25, -0.2) is 9.79 Å². The van der Waals surface area contributed by atoms with Crippen LogP contribution in [0.3, 0.4) is 0 Å². The van der Waals surface area contributed by atoms with Crippen molar-refractivity contribution in [2.75, 3.05) is 13.6 Å². The topological polar surface area (TPSA) is 73.2 Å². The summed E-state index contributed by atoms with van der Waals surface area (Å²) in [7, 11) is 2.01. The lowest BCUT2D eigenvalue weighted by molar-refractivity contribution is -0.134. The molecule has 1 amide bonds. The van der Waals surface area contributed by atoms with Crippen molar-refractivity contribution in [1.82, 2.24) is 9.80 Å². The van der Waals surface area contributed by atoms with Crippen LogP contribution in [0.2, 0.25) is 0 Å². The fourth-order valence-corrected chi connectivity index (χ4v) is 6.14. The number of hydrogen-bond acceptors (Lipinski definition) is 4. The van der Waals surface area contributed by atoms with Gasteiger partial charge in [-0.2, -0.15) is 0 Å². The molecular weight excluding hydrogens is 474 g/mol. The molecular formula is C32H51N3O3. The van der Waals surface area contributed by atoms with Crippen LogP contribution in [-0.2, 0) is 4.79 Å². The number of rotatable bonds is 9. The summed E-state index contributed by atoms with van der Waals surface area (Å²) in [5.41, 5.74) is 1.07. The van der Waals surface area contributed by atoms with E-state index in [2.05, 4.69) is 58.3 Å². The zero-order valence-corrected chi connectivity index (χ0v) is 25.1. The second-order valence-electron chi connectivity index (χ2n) is 13.9. The van der Waals surface area contributed by atoms with Crippen molar-refractivity contribution in [2.45, 2.75) is 118 Å². The van der Waals surface area contributed by atoms with Crippen LogP contribution in [0.4, 0.5) is 0 Å². The van der Waals surface area contributed by atoms with Gasteiger partial charge in [-0.3, -0.25) is 4.79 Å². The van der Waals surface area contributed by atoms with Crippen LogP contribution in [0.15, 0.2) is 29.3 Å². The molecule has 0 saturated heterocycles. The standard InChI is InChI=1S/C32H51N3O3/c1-9-10-11-22-34(8)27-28(36)35(32(33-27)20-16-25(17-21-32)31(5,6)7)26(18-19-30(2,3)4)23-12-14-24(15-13-23)29(37)38/h12-15,25-26H,9-11,16-22H2,1-8H3,(H,37,38)/t25?,26-,32?/m1/s1. The molecule has 1 aliphatic carbocycles. The normalized spacial score (nSPS) is 23.1. The predicted molar refractivity (Wildman–Crippen MR) is 155 cm³/mol. The monoisotopic (exact) mass is 525 g/mol. The smallest absolute Gasteiger partial charge is 0.335 e. The number of nitrogens with zero attached hydrogens (tertiary/aromatic N) is 3. The molecule has 1 N–H and O–H groups in total. The van der Waals surface area contributed by atoms with E-state index in [0.29, 0.717) is 11.8 Å². The SMILES string of the molecule is CCCCCN(C)C1=NC2(CCC(C(C)(C)C)CC2)N([C@H](CCC(C)(C)C)c2ccc(C(=O)O)cc2)C1=O. The van der Waals surface area contributed by atoms with Crippen LogP contribution in [0.25, 0.3) is 0 Å². The number of unbranched alkanes of at least 4 members (excludes halogenated alkanes) is 2. The van der Waals surface area contributed by atoms with E-state index in [0.717, 1.165) is 69.9 Å². The highest BCUT2D eigenvalue weighted by Crippen LogP contribution is 2.50. The molecule has 1 aromatic carbocycles. The molecule has 1 fully saturated rings. The fraction of sp³-hybridized carbons (Fsp3) is 0.719. The quantitative estimate of drug-likeness (QED) is 0.338. The van der Waals surface area contributed by atoms with Crippen molar-refractivity contribution in [3.05, 3.63) is 35.4 Å². The third-order valence-corrected chi connectivity index (χ3v) is 8.66. The number of carbonyl (C=O) groups excluding carboxylic acids is 1. The van der Waals surface area contributed by atoms with E-state index in [1.807, 2.05) is 19.2 Å². The number of amidine groups is 1. The number of benzene rings is 1. The van der Waals surface area contributed by atoms with Gasteiger partial charge in [-0.1, -0.05) is 73.4 Å². The summed E-state index contributed by atoms with van der Waals surface area (Å²) >= 11 is 0. The Morgan fingerprint density at radius 1 is 1.11 bits per heavy atom. The number of aliphatic imine (C=N–C) groups is 1. The highest BCUT2D eigenvalue weighted by molar-refractivity contribution is 6.39. The summed E-state index contributed by atoms with van der Waals surface area (Å²) in [4.78, 5) is 35.3. The predicted octanol–water partition coefficient (Wildman–Crippen LogP) is 7.55. The lowest BCUT2D eigenvalue weighted by Gasteiger charge is -2.47. The molecule has 2 aliphatic rings. The largest absolute Gasteiger partial charge is 0.478 e. The highest BCUT2D eigenvalue weighted by atomic mass is 16.4. The molecule has 1 heterocycles. The number of likely N-dealkylation sites (N-methyl/N-ethyl adjacent to an activating group) is 1. The third kappa shape index (κ3) is 6.98. The van der Waals surface area contributed by atoms with Crippen molar-refractivity contribution >= 4 is 17.7 Å². The van der Waals surface area contributed by atoms with Gasteiger partial charge < -0.3 is 14.9 Å². The summed E-state index contributed by atoms with van der Waals surface area (Å²) in [6, 6.07) is 7.00. The Kier molecular flexibility index (Phi) is 9.36. The van der Waals surface area contributed by atoms with E-state index in [9.17, 15) is 14.7 Å². The first-order valence-electron chi connectivity index (χ1n) is 14.7. The molecule has 6 nitrogen and oxygen atoms in total. The molecule has 0 radical (unpaired) electrons. The van der Waals surface area contributed by atoms with E-state index in [-0.39, 0.29) is 28.3 Å². The molecule has 0 bridgehead atoms. The second kappa shape index (κ2) is 11.8. The molecule has 1 saturated carbocycles. The first-order valence-corrected chi connectivity index (χ1v) is 14.7. The Balaban J connectivity index is 2.03. The summed E-state index contributed by atoms with van der Waals surface area (Å²) in [5.74, 6) is 0.295. The van der Waals surface area contributed by atoms with E-state index < -0.39 is 11.6 Å². The zero-order valence-electron chi connectivity index (χ0n) is 25.1. The van der Waals surface area contributed by atoms with E-state index in [1.54, 1.807) is 12.1 Å². The van der Waals surface area contributed by atoms with Crippen molar-refractivity contribution in [3.63, 3.8) is 0 Å². The van der Waals surface area contributed by atoms with Crippen molar-refractivity contribution in [2.24, 2.45) is 21.7 Å². The number of carbonyl (C=O) groups is 2. The lowest BCUT2D eigenvalue weighted by Crippen LogP contribution is -2.52. The maximum absolute atomic E-state index is 14.3. The van der Waals surface area contributed by atoms with Crippen LogP contribution < -0.4 is 0 Å². The maximum atomic E-state index is 14.3. The summed E-state index contributed by atoms with van der Waals surface area (Å²) in [6.45, 7) is 16.7. The Morgan fingerprint density at radius 3 is 2.21 bits per heavy atom. The molecule has 3 rings (SSSR count). The van der Waals surface area contributed by atoms with Gasteiger partial charge in [0, 0.05) is 13.6 Å². The Labute approximate surface area is 230 Å². The first kappa shape index (κ1) is 30.2. The zero-order chi connectivity index (χ0) is 28.3. The van der Waals surface area contributed by atoms with Gasteiger partial charge in [0.25, 0.3) is 5.91 Å². The van der Waals surface area contributed by atoms with Crippen LogP contribution in [0.1, 0.15) is 128 Å². The number of carboxylic acid groups (broad SMARTS) is 1. The third-order valence-electron chi connectivity index (χ3n) is 8.66. The number of aromatic carboxylic acids is 1. The Morgan fingerprint density at radius 2 is 1.71 bits per heavy atom. The minimum absolute atomic E-state index is 0.0272. The Hall–Kier alpha value is -2.37. The fourth-order valence-electron chi connectivity index (χ4n) is 6.14. The molecule has 0 aromatic heterocycles. The maximum Gasteiger partial charge on any atom is 0.335 e. The van der Waals surface area contributed by atoms with E-state index >= 15 is 0 Å². The van der Waals surface area contributed by atoms with Crippen LogP contribution in [0, 0.1) is 16.7 Å².